The molecule has 0 aliphatic rings. The predicted octanol–water partition coefficient (Wildman–Crippen LogP) is -0.594. The molecule has 0 saturated carbocycles. The molecule has 1 rings (SSSR count). The van der Waals surface area contributed by atoms with Gasteiger partial charge >= 0.3 is 0 Å². The summed E-state index contributed by atoms with van der Waals surface area (Å²) in [5, 5.41) is 2.45. The Balaban J connectivity index is 2.80. The van der Waals surface area contributed by atoms with Crippen LogP contribution in [-0.2, 0) is 9.53 Å². The number of hydrogen-bond acceptors (Lipinski definition) is 7. The van der Waals surface area contributed by atoms with Crippen LogP contribution in [0.2, 0.25) is 0 Å². The van der Waals surface area contributed by atoms with E-state index in [-0.39, 0.29) is 24.3 Å². The van der Waals surface area contributed by atoms with Crippen molar-refractivity contribution in [3.63, 3.8) is 0 Å². The van der Waals surface area contributed by atoms with Crippen LogP contribution in [0.25, 0.3) is 0 Å². The first-order valence-electron chi connectivity index (χ1n) is 5.13. The Hall–Kier alpha value is -1.93. The van der Waals surface area contributed by atoms with Gasteiger partial charge in [-0.3, -0.25) is 10.1 Å². The van der Waals surface area contributed by atoms with E-state index in [1.807, 2.05) is 0 Å². The van der Waals surface area contributed by atoms with E-state index >= 15 is 0 Å². The molecule has 8 nitrogen and oxygen atoms in total. The van der Waals surface area contributed by atoms with Crippen LogP contribution >= 0.6 is 0 Å². The second-order valence-electron chi connectivity index (χ2n) is 3.33. The van der Waals surface area contributed by atoms with Gasteiger partial charge in [0.1, 0.15) is 6.04 Å². The first-order chi connectivity index (χ1) is 8.60. The van der Waals surface area contributed by atoms with Crippen molar-refractivity contribution in [2.75, 3.05) is 33.3 Å². The quantitative estimate of drug-likeness (QED) is 0.699. The fourth-order valence-corrected chi connectivity index (χ4v) is 1.13. The third-order valence-corrected chi connectivity index (χ3v) is 2.02. The van der Waals surface area contributed by atoms with Crippen molar-refractivity contribution < 1.29 is 19.0 Å². The lowest BCUT2D eigenvalue weighted by molar-refractivity contribution is -0.118. The smallest absolute Gasteiger partial charge is 0.246 e. The molecule has 1 heterocycles. The van der Waals surface area contributed by atoms with Crippen molar-refractivity contribution in [3.8, 4) is 11.8 Å². The summed E-state index contributed by atoms with van der Waals surface area (Å²) in [6, 6.07) is 0.695. The molecule has 0 aromatic carbocycles. The molecule has 0 aliphatic carbocycles. The van der Waals surface area contributed by atoms with E-state index < -0.39 is 11.9 Å². The number of nitrogens with zero attached hydrogens (tertiary/aromatic N) is 2. The standard InChI is InChI=1S/C10H16N4O4/c1-16-5-6(11)9(15)14-10-12-7(17-2)4-8(13-10)18-3/h4,6H,5,11H2,1-3H3,(H,12,13,14,15). The van der Waals surface area contributed by atoms with Gasteiger partial charge in [-0.15, -0.1) is 0 Å². The number of nitrogens with two attached hydrogens (primary N) is 1. The highest BCUT2D eigenvalue weighted by atomic mass is 16.5. The van der Waals surface area contributed by atoms with Gasteiger partial charge in [0.2, 0.25) is 23.6 Å². The van der Waals surface area contributed by atoms with Gasteiger partial charge in [0.25, 0.3) is 0 Å². The van der Waals surface area contributed by atoms with Crippen molar-refractivity contribution in [2.24, 2.45) is 5.73 Å². The molecule has 1 unspecified atom stereocenters. The summed E-state index contributed by atoms with van der Waals surface area (Å²) < 4.78 is 14.7. The minimum Gasteiger partial charge on any atom is -0.481 e. The molecule has 0 aliphatic heterocycles. The van der Waals surface area contributed by atoms with Crippen molar-refractivity contribution in [1.82, 2.24) is 9.97 Å². The number of rotatable bonds is 6. The zero-order chi connectivity index (χ0) is 13.5. The van der Waals surface area contributed by atoms with Crippen LogP contribution in [0.15, 0.2) is 6.07 Å². The van der Waals surface area contributed by atoms with E-state index in [1.54, 1.807) is 0 Å². The average Bonchev–Trinajstić information content (AvgIpc) is 2.38. The molecule has 100 valence electrons. The molecule has 3 N–H and O–H groups in total. The van der Waals surface area contributed by atoms with Gasteiger partial charge in [0.15, 0.2) is 0 Å². The fourth-order valence-electron chi connectivity index (χ4n) is 1.13. The van der Waals surface area contributed by atoms with E-state index in [4.69, 9.17) is 19.9 Å². The van der Waals surface area contributed by atoms with Gasteiger partial charge in [-0.05, 0) is 0 Å². The summed E-state index contributed by atoms with van der Waals surface area (Å²) in [5.74, 6) is 0.157. The summed E-state index contributed by atoms with van der Waals surface area (Å²) in [6.45, 7) is 0.104. The van der Waals surface area contributed by atoms with Gasteiger partial charge in [0.05, 0.1) is 26.9 Å². The molecular formula is C10H16N4O4. The lowest BCUT2D eigenvalue weighted by atomic mass is 10.3. The van der Waals surface area contributed by atoms with Crippen LogP contribution in [0.5, 0.6) is 11.8 Å². The van der Waals surface area contributed by atoms with E-state index in [0.717, 1.165) is 0 Å². The third-order valence-electron chi connectivity index (χ3n) is 2.02. The molecule has 0 saturated heterocycles. The molecular weight excluding hydrogens is 240 g/mol. The van der Waals surface area contributed by atoms with Gasteiger partial charge in [-0.2, -0.15) is 9.97 Å². The maximum atomic E-state index is 11.6. The van der Waals surface area contributed by atoms with Crippen LogP contribution in [0.1, 0.15) is 0 Å². The Labute approximate surface area is 104 Å². The van der Waals surface area contributed by atoms with Crippen LogP contribution in [-0.4, -0.2) is 49.9 Å². The fraction of sp³-hybridized carbons (Fsp3) is 0.500. The van der Waals surface area contributed by atoms with Crippen molar-refractivity contribution in [1.29, 1.82) is 0 Å². The Kier molecular flexibility index (Phi) is 5.28. The molecule has 1 aromatic heterocycles. The second kappa shape index (κ2) is 6.72. The van der Waals surface area contributed by atoms with Crippen molar-refractivity contribution in [2.45, 2.75) is 6.04 Å². The van der Waals surface area contributed by atoms with Crippen LogP contribution in [0, 0.1) is 0 Å². The minimum absolute atomic E-state index is 0.0581. The third kappa shape index (κ3) is 3.82. The Morgan fingerprint density at radius 3 is 2.33 bits per heavy atom. The molecule has 18 heavy (non-hydrogen) atoms. The minimum atomic E-state index is -0.796. The van der Waals surface area contributed by atoms with Crippen LogP contribution in [0.3, 0.4) is 0 Å². The number of anilines is 1. The highest BCUT2D eigenvalue weighted by molar-refractivity contribution is 5.93. The molecule has 0 spiro atoms. The summed E-state index contributed by atoms with van der Waals surface area (Å²) in [7, 11) is 4.35. The highest BCUT2D eigenvalue weighted by Gasteiger charge is 2.15. The Morgan fingerprint density at radius 1 is 1.33 bits per heavy atom. The second-order valence-corrected chi connectivity index (χ2v) is 3.33. The largest absolute Gasteiger partial charge is 0.481 e. The Morgan fingerprint density at radius 2 is 1.89 bits per heavy atom. The first kappa shape index (κ1) is 14.1. The SMILES string of the molecule is COCC(N)C(=O)Nc1nc(OC)cc(OC)n1. The number of carbonyl (C=O) groups excluding carboxylic acids is 1. The summed E-state index contributed by atoms with van der Waals surface area (Å²) in [5.41, 5.74) is 5.56. The lowest BCUT2D eigenvalue weighted by Gasteiger charge is -2.11. The summed E-state index contributed by atoms with van der Waals surface area (Å²) in [4.78, 5) is 19.5. The molecule has 0 fully saturated rings. The number of methoxy groups -OCH3 is 3. The summed E-state index contributed by atoms with van der Waals surface area (Å²) in [6.07, 6.45) is 0. The lowest BCUT2D eigenvalue weighted by Crippen LogP contribution is -2.39. The first-order valence-corrected chi connectivity index (χ1v) is 5.13. The monoisotopic (exact) mass is 256 g/mol. The van der Waals surface area contributed by atoms with Crippen LogP contribution < -0.4 is 20.5 Å². The van der Waals surface area contributed by atoms with Crippen molar-refractivity contribution >= 4 is 11.9 Å². The molecule has 8 heteroatoms. The van der Waals surface area contributed by atoms with E-state index in [2.05, 4.69) is 15.3 Å². The topological polar surface area (TPSA) is 109 Å². The molecule has 1 amide bonds. The zero-order valence-electron chi connectivity index (χ0n) is 10.5. The maximum absolute atomic E-state index is 11.6. The summed E-state index contributed by atoms with van der Waals surface area (Å²) >= 11 is 0. The average molecular weight is 256 g/mol. The van der Waals surface area contributed by atoms with Gasteiger partial charge in [-0.25, -0.2) is 0 Å². The van der Waals surface area contributed by atoms with Crippen LogP contribution in [0.4, 0.5) is 5.95 Å². The molecule has 1 aromatic rings. The molecule has 1 atom stereocenters. The number of amides is 1. The number of ether oxygens (including phenoxy) is 3. The molecule has 0 bridgehead atoms. The maximum Gasteiger partial charge on any atom is 0.246 e. The van der Waals surface area contributed by atoms with E-state index in [0.29, 0.717) is 0 Å². The predicted molar refractivity (Wildman–Crippen MR) is 63.6 cm³/mol. The van der Waals surface area contributed by atoms with E-state index in [1.165, 1.54) is 27.4 Å². The van der Waals surface area contributed by atoms with Gasteiger partial charge < -0.3 is 19.9 Å². The zero-order valence-corrected chi connectivity index (χ0v) is 10.5. The highest BCUT2D eigenvalue weighted by Crippen LogP contribution is 2.17. The normalized spacial score (nSPS) is 11.8. The number of hydrogen-bond donors (Lipinski definition) is 2. The Bertz CT molecular complexity index is 391. The van der Waals surface area contributed by atoms with Gasteiger partial charge in [-0.1, -0.05) is 0 Å². The number of nitrogens with one attached hydrogen (secondary N) is 1. The number of aromatic nitrogens is 2. The number of carbonyl (C=O) groups is 1. The van der Waals surface area contributed by atoms with E-state index in [9.17, 15) is 4.79 Å². The molecule has 0 radical (unpaired) electrons. The van der Waals surface area contributed by atoms with Crippen molar-refractivity contribution in [3.05, 3.63) is 6.07 Å². The van der Waals surface area contributed by atoms with Gasteiger partial charge in [0, 0.05) is 7.11 Å².